The number of para-hydroxylation sites is 1. The maximum absolute atomic E-state index is 13.3. The normalized spacial score (nSPS) is 11.4. The Morgan fingerprint density at radius 2 is 2.12 bits per heavy atom. The van der Waals surface area contributed by atoms with Crippen LogP contribution in [0.1, 0.15) is 13.3 Å². The summed E-state index contributed by atoms with van der Waals surface area (Å²) in [5.74, 6) is -0.909. The van der Waals surface area contributed by atoms with Gasteiger partial charge in [0.25, 0.3) is 5.56 Å². The molecule has 2 aromatic heterocycles. The fourth-order valence-electron chi connectivity index (χ4n) is 3.33. The standard InChI is InChI=1S/C23H21ClFN3O4S/c1-2-31-11-5-10-28-22(30)21-20(15-6-3-4-7-18(15)32-21)27-23(28)33-13-19(29)26-14-8-9-17(25)16(24)12-14/h3-4,6-9,12H,2,5,10-11,13H2,1H3,(H,26,29). The molecule has 0 atom stereocenters. The molecule has 0 aliphatic carbocycles. The zero-order valence-electron chi connectivity index (χ0n) is 17.8. The molecule has 33 heavy (non-hydrogen) atoms. The summed E-state index contributed by atoms with van der Waals surface area (Å²) in [7, 11) is 0. The molecule has 1 N–H and O–H groups in total. The van der Waals surface area contributed by atoms with Crippen LogP contribution < -0.4 is 10.9 Å². The van der Waals surface area contributed by atoms with E-state index < -0.39 is 5.82 Å². The highest BCUT2D eigenvalue weighted by Crippen LogP contribution is 2.27. The highest BCUT2D eigenvalue weighted by atomic mass is 35.5. The Morgan fingerprint density at radius 1 is 1.30 bits per heavy atom. The Balaban J connectivity index is 1.60. The van der Waals surface area contributed by atoms with Crippen LogP contribution in [0.5, 0.6) is 0 Å². The number of carbonyl (C=O) groups is 1. The van der Waals surface area contributed by atoms with E-state index in [1.54, 1.807) is 6.07 Å². The molecule has 1 amide bonds. The number of halogens is 2. The molecule has 0 fully saturated rings. The summed E-state index contributed by atoms with van der Waals surface area (Å²) in [4.78, 5) is 30.4. The summed E-state index contributed by atoms with van der Waals surface area (Å²) in [5, 5.41) is 3.73. The van der Waals surface area contributed by atoms with Gasteiger partial charge in [0.2, 0.25) is 11.5 Å². The molecule has 0 spiro atoms. The number of benzene rings is 2. The van der Waals surface area contributed by atoms with Crippen molar-refractivity contribution in [1.82, 2.24) is 9.55 Å². The smallest absolute Gasteiger partial charge is 0.297 e. The molecule has 2 heterocycles. The van der Waals surface area contributed by atoms with Crippen LogP contribution in [-0.2, 0) is 16.1 Å². The molecular formula is C23H21ClFN3O4S. The molecule has 0 saturated carbocycles. The van der Waals surface area contributed by atoms with Crippen LogP contribution >= 0.6 is 23.4 Å². The minimum absolute atomic E-state index is 0.00577. The molecule has 0 aliphatic rings. The third kappa shape index (κ3) is 5.21. The van der Waals surface area contributed by atoms with Gasteiger partial charge in [0.05, 0.1) is 10.8 Å². The number of ether oxygens (including phenoxy) is 1. The van der Waals surface area contributed by atoms with Crippen molar-refractivity contribution in [3.05, 3.63) is 63.7 Å². The molecule has 10 heteroatoms. The van der Waals surface area contributed by atoms with E-state index in [0.29, 0.717) is 48.1 Å². The second-order valence-corrected chi connectivity index (χ2v) is 8.49. The number of carbonyl (C=O) groups excluding carboxylic acids is 1. The molecule has 0 radical (unpaired) electrons. The molecule has 7 nitrogen and oxygen atoms in total. The molecule has 4 aromatic rings. The van der Waals surface area contributed by atoms with Crippen LogP contribution in [0.25, 0.3) is 22.1 Å². The molecule has 0 saturated heterocycles. The largest absolute Gasteiger partial charge is 0.448 e. The molecule has 172 valence electrons. The summed E-state index contributed by atoms with van der Waals surface area (Å²) < 4.78 is 26.0. The van der Waals surface area contributed by atoms with Crippen LogP contribution in [-0.4, -0.2) is 34.4 Å². The average Bonchev–Trinajstić information content (AvgIpc) is 3.18. The summed E-state index contributed by atoms with van der Waals surface area (Å²) in [6.07, 6.45) is 0.606. The van der Waals surface area contributed by atoms with Gasteiger partial charge in [-0.2, -0.15) is 0 Å². The van der Waals surface area contributed by atoms with Gasteiger partial charge in [-0.3, -0.25) is 14.2 Å². The minimum Gasteiger partial charge on any atom is -0.448 e. The Hall–Kier alpha value is -2.88. The SMILES string of the molecule is CCOCCCn1c(SCC(=O)Nc2ccc(F)c(Cl)c2)nc2c(oc3ccccc32)c1=O. The second-order valence-electron chi connectivity index (χ2n) is 7.14. The first kappa shape index (κ1) is 23.3. The molecule has 0 aliphatic heterocycles. The summed E-state index contributed by atoms with van der Waals surface area (Å²) >= 11 is 6.91. The van der Waals surface area contributed by atoms with E-state index in [-0.39, 0.29) is 27.8 Å². The van der Waals surface area contributed by atoms with Gasteiger partial charge in [-0.05, 0) is 43.7 Å². The first-order chi connectivity index (χ1) is 16.0. The first-order valence-corrected chi connectivity index (χ1v) is 11.7. The lowest BCUT2D eigenvalue weighted by Crippen LogP contribution is -2.24. The van der Waals surface area contributed by atoms with Gasteiger partial charge in [-0.25, -0.2) is 9.37 Å². The number of fused-ring (bicyclic) bond motifs is 3. The van der Waals surface area contributed by atoms with E-state index in [0.717, 1.165) is 17.1 Å². The van der Waals surface area contributed by atoms with Crippen LogP contribution in [0.3, 0.4) is 0 Å². The van der Waals surface area contributed by atoms with Crippen molar-refractivity contribution in [3.63, 3.8) is 0 Å². The number of hydrogen-bond donors (Lipinski definition) is 1. The van der Waals surface area contributed by atoms with Crippen molar-refractivity contribution in [2.45, 2.75) is 25.0 Å². The predicted molar refractivity (Wildman–Crippen MR) is 128 cm³/mol. The van der Waals surface area contributed by atoms with Gasteiger partial charge in [-0.15, -0.1) is 0 Å². The zero-order valence-corrected chi connectivity index (χ0v) is 19.3. The van der Waals surface area contributed by atoms with Crippen molar-refractivity contribution in [3.8, 4) is 0 Å². The number of rotatable bonds is 9. The highest BCUT2D eigenvalue weighted by molar-refractivity contribution is 7.99. The minimum atomic E-state index is -0.565. The van der Waals surface area contributed by atoms with Crippen LogP contribution in [0.4, 0.5) is 10.1 Å². The van der Waals surface area contributed by atoms with E-state index in [2.05, 4.69) is 10.3 Å². The van der Waals surface area contributed by atoms with Crippen molar-refractivity contribution in [1.29, 1.82) is 0 Å². The Labute approximate surface area is 197 Å². The van der Waals surface area contributed by atoms with E-state index >= 15 is 0 Å². The average molecular weight is 490 g/mol. The summed E-state index contributed by atoms with van der Waals surface area (Å²) in [5.41, 5.74) is 1.30. The van der Waals surface area contributed by atoms with Crippen molar-refractivity contribution in [2.24, 2.45) is 0 Å². The van der Waals surface area contributed by atoms with Crippen molar-refractivity contribution < 1.29 is 18.3 Å². The van der Waals surface area contributed by atoms with E-state index in [9.17, 15) is 14.0 Å². The quantitative estimate of drug-likeness (QED) is 0.200. The molecule has 2 aromatic carbocycles. The number of hydrogen-bond acceptors (Lipinski definition) is 6. The number of nitrogens with zero attached hydrogens (tertiary/aromatic N) is 2. The predicted octanol–water partition coefficient (Wildman–Crippen LogP) is 5.09. The number of thioether (sulfide) groups is 1. The van der Waals surface area contributed by atoms with Gasteiger partial charge in [0, 0.05) is 30.8 Å². The Morgan fingerprint density at radius 3 is 2.91 bits per heavy atom. The monoisotopic (exact) mass is 489 g/mol. The number of anilines is 1. The lowest BCUT2D eigenvalue weighted by Gasteiger charge is -2.12. The lowest BCUT2D eigenvalue weighted by molar-refractivity contribution is -0.113. The van der Waals surface area contributed by atoms with Gasteiger partial charge in [0.15, 0.2) is 5.16 Å². The zero-order chi connectivity index (χ0) is 23.4. The number of furan rings is 1. The van der Waals surface area contributed by atoms with E-state index in [1.807, 2.05) is 25.1 Å². The van der Waals surface area contributed by atoms with Gasteiger partial charge in [-0.1, -0.05) is 35.5 Å². The maximum Gasteiger partial charge on any atom is 0.297 e. The number of nitrogens with one attached hydrogen (secondary N) is 1. The number of amides is 1. The van der Waals surface area contributed by atoms with Crippen LogP contribution in [0.2, 0.25) is 5.02 Å². The first-order valence-electron chi connectivity index (χ1n) is 10.4. The van der Waals surface area contributed by atoms with Crippen molar-refractivity contribution >= 4 is 57.0 Å². The number of aromatic nitrogens is 2. The molecule has 4 rings (SSSR count). The van der Waals surface area contributed by atoms with Gasteiger partial charge >= 0.3 is 0 Å². The topological polar surface area (TPSA) is 86.4 Å². The fraction of sp³-hybridized carbons (Fsp3) is 0.261. The third-order valence-electron chi connectivity index (χ3n) is 4.86. The molecule has 0 bridgehead atoms. The van der Waals surface area contributed by atoms with Crippen LogP contribution in [0, 0.1) is 5.82 Å². The summed E-state index contributed by atoms with van der Waals surface area (Å²) in [6.45, 7) is 3.36. The van der Waals surface area contributed by atoms with E-state index in [4.69, 9.17) is 20.8 Å². The fourth-order valence-corrected chi connectivity index (χ4v) is 4.33. The van der Waals surface area contributed by atoms with Gasteiger partial charge in [0.1, 0.15) is 16.9 Å². The Bertz CT molecular complexity index is 1370. The summed E-state index contributed by atoms with van der Waals surface area (Å²) in [6, 6.07) is 11.2. The maximum atomic E-state index is 13.3. The third-order valence-corrected chi connectivity index (χ3v) is 6.12. The van der Waals surface area contributed by atoms with Gasteiger partial charge < -0.3 is 14.5 Å². The van der Waals surface area contributed by atoms with Crippen LogP contribution in [0.15, 0.2) is 56.8 Å². The molecule has 0 unspecified atom stereocenters. The highest BCUT2D eigenvalue weighted by Gasteiger charge is 2.18. The Kier molecular flexibility index (Phi) is 7.32. The second kappa shape index (κ2) is 10.4. The lowest BCUT2D eigenvalue weighted by atomic mass is 10.2. The molecular weight excluding hydrogens is 469 g/mol. The van der Waals surface area contributed by atoms with E-state index in [1.165, 1.54) is 22.8 Å². The van der Waals surface area contributed by atoms with Crippen molar-refractivity contribution in [2.75, 3.05) is 24.3 Å².